The van der Waals surface area contributed by atoms with Crippen molar-refractivity contribution in [2.75, 3.05) is 4.72 Å². The molecule has 0 aliphatic carbocycles. The lowest BCUT2D eigenvalue weighted by Crippen LogP contribution is -2.13. The SMILES string of the molecule is CC(C)n1cc(NS(=O)(=O)c2cnc(Cl)c(Cl)c2)cn1. The van der Waals surface area contributed by atoms with Crippen molar-refractivity contribution in [1.29, 1.82) is 0 Å². The second kappa shape index (κ2) is 5.59. The maximum Gasteiger partial charge on any atom is 0.263 e. The smallest absolute Gasteiger partial charge is 0.263 e. The molecule has 6 nitrogen and oxygen atoms in total. The Bertz CT molecular complexity index is 728. The molecule has 0 amide bonds. The highest BCUT2D eigenvalue weighted by atomic mass is 35.5. The molecule has 2 rings (SSSR count). The van der Waals surface area contributed by atoms with Gasteiger partial charge in [-0.25, -0.2) is 13.4 Å². The summed E-state index contributed by atoms with van der Waals surface area (Å²) < 4.78 is 28.4. The molecule has 0 atom stereocenters. The third kappa shape index (κ3) is 3.23. The molecule has 20 heavy (non-hydrogen) atoms. The van der Waals surface area contributed by atoms with E-state index in [-0.39, 0.29) is 21.1 Å². The molecule has 0 unspecified atom stereocenters. The van der Waals surface area contributed by atoms with Gasteiger partial charge in [-0.1, -0.05) is 23.2 Å². The van der Waals surface area contributed by atoms with Gasteiger partial charge in [0.05, 0.1) is 16.9 Å². The molecule has 108 valence electrons. The zero-order valence-electron chi connectivity index (χ0n) is 10.7. The largest absolute Gasteiger partial charge is 0.276 e. The van der Waals surface area contributed by atoms with E-state index in [2.05, 4.69) is 14.8 Å². The van der Waals surface area contributed by atoms with E-state index in [1.165, 1.54) is 12.3 Å². The summed E-state index contributed by atoms with van der Waals surface area (Å²) in [5, 5.41) is 4.18. The van der Waals surface area contributed by atoms with Crippen LogP contribution in [0.15, 0.2) is 29.6 Å². The number of rotatable bonds is 4. The lowest BCUT2D eigenvalue weighted by molar-refractivity contribution is 0.532. The summed E-state index contributed by atoms with van der Waals surface area (Å²) >= 11 is 11.4. The molecular formula is C11H12Cl2N4O2S. The minimum absolute atomic E-state index is 0.0539. The number of pyridine rings is 1. The number of nitrogens with zero attached hydrogens (tertiary/aromatic N) is 3. The Morgan fingerprint density at radius 1 is 1.30 bits per heavy atom. The molecule has 0 aliphatic heterocycles. The highest BCUT2D eigenvalue weighted by molar-refractivity contribution is 7.92. The molecule has 2 heterocycles. The van der Waals surface area contributed by atoms with E-state index in [9.17, 15) is 8.42 Å². The summed E-state index contributed by atoms with van der Waals surface area (Å²) in [6.07, 6.45) is 4.18. The maximum atomic E-state index is 12.2. The lowest BCUT2D eigenvalue weighted by atomic mass is 10.4. The summed E-state index contributed by atoms with van der Waals surface area (Å²) in [5.74, 6) is 0. The summed E-state index contributed by atoms with van der Waals surface area (Å²) in [6.45, 7) is 3.88. The Labute approximate surface area is 126 Å². The number of aromatic nitrogens is 3. The van der Waals surface area contributed by atoms with Crippen molar-refractivity contribution >= 4 is 38.9 Å². The first-order valence-corrected chi connectivity index (χ1v) is 7.91. The summed E-state index contributed by atoms with van der Waals surface area (Å²) in [5.41, 5.74) is 0.366. The van der Waals surface area contributed by atoms with Gasteiger partial charge in [-0.15, -0.1) is 0 Å². The highest BCUT2D eigenvalue weighted by Crippen LogP contribution is 2.23. The Balaban J connectivity index is 2.28. The quantitative estimate of drug-likeness (QED) is 0.872. The highest BCUT2D eigenvalue weighted by Gasteiger charge is 2.17. The first kappa shape index (κ1) is 15.1. The molecule has 0 radical (unpaired) electrons. The van der Waals surface area contributed by atoms with Gasteiger partial charge in [0.25, 0.3) is 10.0 Å². The second-order valence-corrected chi connectivity index (χ2v) is 6.80. The predicted octanol–water partition coefficient (Wildman–Crippen LogP) is 2.97. The minimum Gasteiger partial charge on any atom is -0.276 e. The van der Waals surface area contributed by atoms with Crippen molar-refractivity contribution in [3.63, 3.8) is 0 Å². The van der Waals surface area contributed by atoms with Crippen LogP contribution in [-0.4, -0.2) is 23.2 Å². The van der Waals surface area contributed by atoms with Crippen LogP contribution in [0.3, 0.4) is 0 Å². The Hall–Kier alpha value is -1.31. The molecular weight excluding hydrogens is 323 g/mol. The standard InChI is InChI=1S/C11H12Cl2N4O2S/c1-7(2)17-6-8(4-15-17)16-20(18,19)9-3-10(12)11(13)14-5-9/h3-7,16H,1-2H3. The monoisotopic (exact) mass is 334 g/mol. The van der Waals surface area contributed by atoms with Gasteiger partial charge < -0.3 is 0 Å². The van der Waals surface area contributed by atoms with Gasteiger partial charge in [0.2, 0.25) is 0 Å². The van der Waals surface area contributed by atoms with Gasteiger partial charge in [-0.05, 0) is 19.9 Å². The first-order valence-electron chi connectivity index (χ1n) is 5.67. The van der Waals surface area contributed by atoms with E-state index in [0.717, 1.165) is 6.20 Å². The van der Waals surface area contributed by atoms with Gasteiger partial charge in [0.15, 0.2) is 0 Å². The van der Waals surface area contributed by atoms with Crippen LogP contribution in [0.2, 0.25) is 10.2 Å². The first-order chi connectivity index (χ1) is 9.29. The summed E-state index contributed by atoms with van der Waals surface area (Å²) in [6, 6.07) is 1.38. The number of halogens is 2. The van der Waals surface area contributed by atoms with Crippen molar-refractivity contribution in [2.45, 2.75) is 24.8 Å². The molecule has 2 aromatic rings. The second-order valence-electron chi connectivity index (χ2n) is 4.35. The normalized spacial score (nSPS) is 11.8. The summed E-state index contributed by atoms with van der Waals surface area (Å²) in [4.78, 5) is 3.65. The Morgan fingerprint density at radius 3 is 2.55 bits per heavy atom. The van der Waals surface area contributed by atoms with Crippen molar-refractivity contribution in [1.82, 2.24) is 14.8 Å². The van der Waals surface area contributed by atoms with Crippen LogP contribution in [-0.2, 0) is 10.0 Å². The summed E-state index contributed by atoms with van der Waals surface area (Å²) in [7, 11) is -3.77. The zero-order chi connectivity index (χ0) is 14.9. The van der Waals surface area contributed by atoms with Crippen LogP contribution in [0.4, 0.5) is 5.69 Å². The average Bonchev–Trinajstić information content (AvgIpc) is 2.80. The van der Waals surface area contributed by atoms with E-state index in [1.807, 2.05) is 13.8 Å². The van der Waals surface area contributed by atoms with Gasteiger partial charge in [0.1, 0.15) is 10.0 Å². The van der Waals surface area contributed by atoms with Crippen LogP contribution < -0.4 is 4.72 Å². The van der Waals surface area contributed by atoms with E-state index in [1.54, 1.807) is 10.9 Å². The zero-order valence-corrected chi connectivity index (χ0v) is 13.0. The van der Waals surface area contributed by atoms with Gasteiger partial charge in [-0.2, -0.15) is 5.10 Å². The van der Waals surface area contributed by atoms with Crippen LogP contribution in [0.1, 0.15) is 19.9 Å². The fourth-order valence-corrected chi connectivity index (χ4v) is 2.77. The van der Waals surface area contributed by atoms with Crippen LogP contribution in [0.25, 0.3) is 0 Å². The molecule has 0 fully saturated rings. The van der Waals surface area contributed by atoms with Crippen molar-refractivity contribution < 1.29 is 8.42 Å². The third-order valence-electron chi connectivity index (χ3n) is 2.46. The molecule has 0 saturated heterocycles. The van der Waals surface area contributed by atoms with Crippen LogP contribution in [0, 0.1) is 0 Å². The van der Waals surface area contributed by atoms with Crippen molar-refractivity contribution in [3.05, 3.63) is 34.8 Å². The third-order valence-corrected chi connectivity index (χ3v) is 4.50. The fraction of sp³-hybridized carbons (Fsp3) is 0.273. The van der Waals surface area contributed by atoms with E-state index < -0.39 is 10.0 Å². The average molecular weight is 335 g/mol. The van der Waals surface area contributed by atoms with E-state index in [0.29, 0.717) is 5.69 Å². The fourth-order valence-electron chi connectivity index (χ4n) is 1.44. The van der Waals surface area contributed by atoms with Crippen molar-refractivity contribution in [2.24, 2.45) is 0 Å². The predicted molar refractivity (Wildman–Crippen MR) is 77.7 cm³/mol. The topological polar surface area (TPSA) is 76.9 Å². The molecule has 0 spiro atoms. The maximum absolute atomic E-state index is 12.2. The molecule has 9 heteroatoms. The molecule has 0 aromatic carbocycles. The van der Waals surface area contributed by atoms with Gasteiger partial charge in [-0.3, -0.25) is 9.40 Å². The molecule has 1 N–H and O–H groups in total. The number of hydrogen-bond donors (Lipinski definition) is 1. The molecule has 0 aliphatic rings. The van der Waals surface area contributed by atoms with E-state index in [4.69, 9.17) is 23.2 Å². The van der Waals surface area contributed by atoms with Gasteiger partial charge in [0, 0.05) is 18.4 Å². The van der Waals surface area contributed by atoms with Crippen LogP contribution in [0.5, 0.6) is 0 Å². The van der Waals surface area contributed by atoms with Crippen LogP contribution >= 0.6 is 23.2 Å². The number of sulfonamides is 1. The number of anilines is 1. The molecule has 0 saturated carbocycles. The number of hydrogen-bond acceptors (Lipinski definition) is 4. The van der Waals surface area contributed by atoms with Crippen molar-refractivity contribution in [3.8, 4) is 0 Å². The Kier molecular flexibility index (Phi) is 4.22. The van der Waals surface area contributed by atoms with E-state index >= 15 is 0 Å². The number of nitrogens with one attached hydrogen (secondary N) is 1. The molecule has 2 aromatic heterocycles. The molecule has 0 bridgehead atoms. The Morgan fingerprint density at radius 2 is 2.00 bits per heavy atom. The minimum atomic E-state index is -3.77. The van der Waals surface area contributed by atoms with Gasteiger partial charge >= 0.3 is 0 Å². The lowest BCUT2D eigenvalue weighted by Gasteiger charge is -2.07.